The first-order chi connectivity index (χ1) is 12.0. The van der Waals surface area contributed by atoms with E-state index in [9.17, 15) is 9.50 Å². The van der Waals surface area contributed by atoms with Gasteiger partial charge in [0.15, 0.2) is 0 Å². The van der Waals surface area contributed by atoms with E-state index in [4.69, 9.17) is 0 Å². The number of hydrogen-bond acceptors (Lipinski definition) is 3. The summed E-state index contributed by atoms with van der Waals surface area (Å²) in [5.41, 5.74) is 1.48. The topological polar surface area (TPSA) is 50.1 Å². The maximum atomic E-state index is 13.7. The van der Waals surface area contributed by atoms with E-state index in [-0.39, 0.29) is 11.9 Å². The molecule has 2 N–H and O–H groups in total. The Balaban J connectivity index is 1.86. The molecule has 2 atom stereocenters. The van der Waals surface area contributed by atoms with E-state index >= 15 is 0 Å². The van der Waals surface area contributed by atoms with Gasteiger partial charge in [-0.25, -0.2) is 4.39 Å². The molecule has 1 heterocycles. The van der Waals surface area contributed by atoms with Crippen molar-refractivity contribution in [1.29, 1.82) is 0 Å². The van der Waals surface area contributed by atoms with Gasteiger partial charge in [0.1, 0.15) is 5.82 Å². The Hall–Kier alpha value is -2.50. The molecule has 1 aromatic heterocycles. The van der Waals surface area contributed by atoms with Gasteiger partial charge in [0.2, 0.25) is 0 Å². The van der Waals surface area contributed by atoms with Crippen LogP contribution in [-0.2, 0) is 12.6 Å². The quantitative estimate of drug-likeness (QED) is 0.725. The summed E-state index contributed by atoms with van der Waals surface area (Å²) in [6.07, 6.45) is 3.64. The molecule has 0 aliphatic carbocycles. The largest absolute Gasteiger partial charge is 0.384 e. The number of aromatic nitrogens is 2. The summed E-state index contributed by atoms with van der Waals surface area (Å²) >= 11 is 0. The SMILES string of the molecule is Cn1cc(C(NCC(C)(O)c2ccccc2)c2cccc(F)c2)cn1. The van der Waals surface area contributed by atoms with Crippen LogP contribution in [-0.4, -0.2) is 21.4 Å². The molecule has 0 aliphatic rings. The summed E-state index contributed by atoms with van der Waals surface area (Å²) < 4.78 is 15.4. The Morgan fingerprint density at radius 2 is 1.92 bits per heavy atom. The lowest BCUT2D eigenvalue weighted by atomic mass is 9.94. The third-order valence-electron chi connectivity index (χ3n) is 4.29. The standard InChI is InChI=1S/C20H22FN3O/c1-20(25,17-8-4-3-5-9-17)14-22-19(16-12-23-24(2)13-16)15-7-6-10-18(21)11-15/h3-13,19,22,25H,14H2,1-2H3. The van der Waals surface area contributed by atoms with Crippen LogP contribution in [0.5, 0.6) is 0 Å². The number of nitrogens with zero attached hydrogens (tertiary/aromatic N) is 2. The third-order valence-corrected chi connectivity index (χ3v) is 4.29. The summed E-state index contributed by atoms with van der Waals surface area (Å²) in [6, 6.07) is 15.7. The Labute approximate surface area is 146 Å². The Morgan fingerprint density at radius 1 is 1.16 bits per heavy atom. The molecule has 0 aliphatic heterocycles. The van der Waals surface area contributed by atoms with Crippen molar-refractivity contribution >= 4 is 0 Å². The average Bonchev–Trinajstić information content (AvgIpc) is 3.02. The summed E-state index contributed by atoms with van der Waals surface area (Å²) in [7, 11) is 1.84. The monoisotopic (exact) mass is 339 g/mol. The summed E-state index contributed by atoms with van der Waals surface area (Å²) in [5.74, 6) is -0.289. The predicted molar refractivity (Wildman–Crippen MR) is 95.5 cm³/mol. The van der Waals surface area contributed by atoms with Gasteiger partial charge in [-0.15, -0.1) is 0 Å². The number of nitrogens with one attached hydrogen (secondary N) is 1. The van der Waals surface area contributed by atoms with Gasteiger partial charge in [-0.05, 0) is 30.2 Å². The normalized spacial score (nSPS) is 14.9. The summed E-state index contributed by atoms with van der Waals surface area (Å²) in [6.45, 7) is 2.08. The first kappa shape index (κ1) is 17.3. The lowest BCUT2D eigenvalue weighted by Crippen LogP contribution is -2.37. The zero-order valence-corrected chi connectivity index (χ0v) is 14.4. The molecule has 0 saturated heterocycles. The van der Waals surface area contributed by atoms with Crippen molar-refractivity contribution in [3.05, 3.63) is 89.5 Å². The molecule has 0 saturated carbocycles. The van der Waals surface area contributed by atoms with E-state index in [1.165, 1.54) is 12.1 Å². The van der Waals surface area contributed by atoms with E-state index in [0.717, 1.165) is 16.7 Å². The van der Waals surface area contributed by atoms with E-state index in [1.807, 2.05) is 49.6 Å². The van der Waals surface area contributed by atoms with Crippen LogP contribution >= 0.6 is 0 Å². The second-order valence-electron chi connectivity index (χ2n) is 6.46. The minimum Gasteiger partial charge on any atom is -0.384 e. The highest BCUT2D eigenvalue weighted by Crippen LogP contribution is 2.25. The summed E-state index contributed by atoms with van der Waals surface area (Å²) in [4.78, 5) is 0. The van der Waals surface area contributed by atoms with Crippen LogP contribution in [0.25, 0.3) is 0 Å². The minimum absolute atomic E-state index is 0.264. The first-order valence-corrected chi connectivity index (χ1v) is 8.21. The molecule has 2 unspecified atom stereocenters. The summed E-state index contributed by atoms with van der Waals surface area (Å²) in [5, 5.41) is 18.4. The Bertz CT molecular complexity index is 830. The van der Waals surface area contributed by atoms with Crippen molar-refractivity contribution in [3.8, 4) is 0 Å². The molecule has 0 spiro atoms. The molecule has 0 amide bonds. The third kappa shape index (κ3) is 4.13. The molecule has 0 bridgehead atoms. The lowest BCUT2D eigenvalue weighted by Gasteiger charge is -2.28. The fraction of sp³-hybridized carbons (Fsp3) is 0.250. The highest BCUT2D eigenvalue weighted by molar-refractivity contribution is 5.30. The molecule has 3 rings (SSSR count). The molecule has 2 aromatic carbocycles. The second-order valence-corrected chi connectivity index (χ2v) is 6.46. The number of halogens is 1. The predicted octanol–water partition coefficient (Wildman–Crippen LogP) is 3.15. The Kier molecular flexibility index (Phi) is 4.97. The van der Waals surface area contributed by atoms with Crippen molar-refractivity contribution in [1.82, 2.24) is 15.1 Å². The molecular formula is C20H22FN3O. The average molecular weight is 339 g/mol. The van der Waals surface area contributed by atoms with E-state index in [2.05, 4.69) is 10.4 Å². The van der Waals surface area contributed by atoms with Crippen molar-refractivity contribution in [2.45, 2.75) is 18.6 Å². The van der Waals surface area contributed by atoms with E-state index < -0.39 is 5.60 Å². The number of aryl methyl sites for hydroxylation is 1. The van der Waals surface area contributed by atoms with Crippen molar-refractivity contribution in [2.24, 2.45) is 7.05 Å². The van der Waals surface area contributed by atoms with Crippen LogP contribution in [0, 0.1) is 5.82 Å². The van der Waals surface area contributed by atoms with Gasteiger partial charge >= 0.3 is 0 Å². The highest BCUT2D eigenvalue weighted by Gasteiger charge is 2.25. The zero-order chi connectivity index (χ0) is 17.9. The van der Waals surface area contributed by atoms with Gasteiger partial charge in [-0.3, -0.25) is 4.68 Å². The van der Waals surface area contributed by atoms with Gasteiger partial charge < -0.3 is 10.4 Å². The van der Waals surface area contributed by atoms with Crippen molar-refractivity contribution in [3.63, 3.8) is 0 Å². The van der Waals surface area contributed by atoms with Crippen LogP contribution in [0.3, 0.4) is 0 Å². The molecule has 4 nitrogen and oxygen atoms in total. The minimum atomic E-state index is -1.05. The fourth-order valence-electron chi connectivity index (χ4n) is 2.90. The smallest absolute Gasteiger partial charge is 0.123 e. The van der Waals surface area contributed by atoms with E-state index in [1.54, 1.807) is 23.9 Å². The number of hydrogen-bond donors (Lipinski definition) is 2. The van der Waals surface area contributed by atoms with Crippen LogP contribution in [0.2, 0.25) is 0 Å². The van der Waals surface area contributed by atoms with Crippen LogP contribution in [0.4, 0.5) is 4.39 Å². The number of rotatable bonds is 6. The first-order valence-electron chi connectivity index (χ1n) is 8.21. The highest BCUT2D eigenvalue weighted by atomic mass is 19.1. The number of aliphatic hydroxyl groups is 1. The van der Waals surface area contributed by atoms with E-state index in [0.29, 0.717) is 6.54 Å². The maximum absolute atomic E-state index is 13.7. The molecule has 0 fully saturated rings. The van der Waals surface area contributed by atoms with Crippen molar-refractivity contribution < 1.29 is 9.50 Å². The molecule has 25 heavy (non-hydrogen) atoms. The van der Waals surface area contributed by atoms with Gasteiger partial charge in [0.25, 0.3) is 0 Å². The van der Waals surface area contributed by atoms with Gasteiger partial charge in [-0.2, -0.15) is 5.10 Å². The van der Waals surface area contributed by atoms with Gasteiger partial charge in [0, 0.05) is 25.4 Å². The fourth-order valence-corrected chi connectivity index (χ4v) is 2.90. The van der Waals surface area contributed by atoms with Crippen LogP contribution in [0.1, 0.15) is 29.7 Å². The zero-order valence-electron chi connectivity index (χ0n) is 14.4. The number of benzene rings is 2. The van der Waals surface area contributed by atoms with Crippen LogP contribution in [0.15, 0.2) is 67.0 Å². The van der Waals surface area contributed by atoms with Gasteiger partial charge in [-0.1, -0.05) is 42.5 Å². The Morgan fingerprint density at radius 3 is 2.56 bits per heavy atom. The molecule has 5 heteroatoms. The second kappa shape index (κ2) is 7.17. The van der Waals surface area contributed by atoms with Crippen LogP contribution < -0.4 is 5.32 Å². The molecule has 0 radical (unpaired) electrons. The molecule has 3 aromatic rings. The molecular weight excluding hydrogens is 317 g/mol. The van der Waals surface area contributed by atoms with Crippen molar-refractivity contribution in [2.75, 3.05) is 6.54 Å². The maximum Gasteiger partial charge on any atom is 0.123 e. The molecule has 130 valence electrons. The van der Waals surface area contributed by atoms with Gasteiger partial charge in [0.05, 0.1) is 17.8 Å². The lowest BCUT2D eigenvalue weighted by molar-refractivity contribution is 0.0550.